The summed E-state index contributed by atoms with van der Waals surface area (Å²) in [7, 11) is 4.09. The van der Waals surface area contributed by atoms with Crippen LogP contribution in [0.25, 0.3) is 11.3 Å². The highest BCUT2D eigenvalue weighted by molar-refractivity contribution is 5.95. The third-order valence-electron chi connectivity index (χ3n) is 10.8. The van der Waals surface area contributed by atoms with Gasteiger partial charge in [0.05, 0.1) is 0 Å². The Morgan fingerprint density at radius 2 is 1.71 bits per heavy atom. The molecule has 0 radical (unpaired) electrons. The van der Waals surface area contributed by atoms with Crippen molar-refractivity contribution in [3.8, 4) is 11.3 Å². The molecule has 0 saturated heterocycles. The van der Waals surface area contributed by atoms with Gasteiger partial charge in [-0.25, -0.2) is 9.97 Å². The first-order valence-corrected chi connectivity index (χ1v) is 15.9. The molecule has 2 heterocycles. The molecule has 2 aromatic heterocycles. The van der Waals surface area contributed by atoms with Crippen LogP contribution in [-0.2, 0) is 10.2 Å². The molecule has 6 heteroatoms. The lowest BCUT2D eigenvalue weighted by atomic mass is 9.52. The van der Waals surface area contributed by atoms with E-state index in [2.05, 4.69) is 52.4 Å². The Bertz CT molecular complexity index is 1360. The molecule has 216 valence electrons. The maximum absolute atomic E-state index is 14.2. The van der Waals surface area contributed by atoms with Crippen molar-refractivity contribution in [3.63, 3.8) is 0 Å². The van der Waals surface area contributed by atoms with Gasteiger partial charge < -0.3 is 14.2 Å². The van der Waals surface area contributed by atoms with Gasteiger partial charge in [-0.1, -0.05) is 37.5 Å². The summed E-state index contributed by atoms with van der Waals surface area (Å²) in [6.45, 7) is 0.825. The zero-order chi connectivity index (χ0) is 28.0. The van der Waals surface area contributed by atoms with E-state index in [1.54, 1.807) is 6.26 Å². The first-order valence-electron chi connectivity index (χ1n) is 15.9. The first kappa shape index (κ1) is 26.7. The monoisotopic (exact) mass is 552 g/mol. The second-order valence-electron chi connectivity index (χ2n) is 13.7. The molecule has 1 aromatic carbocycles. The van der Waals surface area contributed by atoms with E-state index in [0.29, 0.717) is 11.8 Å². The number of rotatable bonds is 8. The van der Waals surface area contributed by atoms with Gasteiger partial charge in [-0.15, -0.1) is 0 Å². The van der Waals surface area contributed by atoms with Crippen molar-refractivity contribution in [2.24, 2.45) is 11.3 Å². The Morgan fingerprint density at radius 3 is 2.37 bits per heavy atom. The summed E-state index contributed by atoms with van der Waals surface area (Å²) in [5.74, 6) is 2.84. The van der Waals surface area contributed by atoms with Gasteiger partial charge in [0, 0.05) is 49.9 Å². The van der Waals surface area contributed by atoms with Crippen LogP contribution in [0.1, 0.15) is 101 Å². The molecule has 5 aliphatic rings. The fourth-order valence-electron chi connectivity index (χ4n) is 7.87. The molecule has 0 atom stereocenters. The molecule has 5 saturated carbocycles. The van der Waals surface area contributed by atoms with E-state index >= 15 is 0 Å². The Morgan fingerprint density at radius 1 is 0.951 bits per heavy atom. The van der Waals surface area contributed by atoms with Crippen LogP contribution < -0.4 is 9.80 Å². The van der Waals surface area contributed by atoms with E-state index in [-0.39, 0.29) is 16.7 Å². The third kappa shape index (κ3) is 5.19. The van der Waals surface area contributed by atoms with E-state index < -0.39 is 0 Å². The standard InChI is InChI=1S/C35H44N4O2/c1-38(2)31-14-13-28(22-36-31)35-18-15-34(16-19-35,17-20-35)24-39(33(40)26-7-4-3-5-8-26)29-10-6-9-27(21-29)30-23-41-32(37-30)25-11-12-25/h6,9-10,13-14,21-23,25-26H,3-5,7-8,11-12,15-20,24H2,1-2H3. The maximum atomic E-state index is 14.2. The summed E-state index contributed by atoms with van der Waals surface area (Å²) in [5.41, 5.74) is 4.77. The molecule has 0 spiro atoms. The van der Waals surface area contributed by atoms with Crippen LogP contribution in [0.2, 0.25) is 0 Å². The van der Waals surface area contributed by atoms with Crippen LogP contribution >= 0.6 is 0 Å². The van der Waals surface area contributed by atoms with Crippen molar-refractivity contribution < 1.29 is 9.21 Å². The van der Waals surface area contributed by atoms with Crippen molar-refractivity contribution in [3.05, 3.63) is 60.3 Å². The highest BCUT2D eigenvalue weighted by Crippen LogP contribution is 2.58. The molecule has 3 aromatic rings. The number of amides is 1. The second-order valence-corrected chi connectivity index (χ2v) is 13.7. The van der Waals surface area contributed by atoms with E-state index in [4.69, 9.17) is 14.4 Å². The van der Waals surface area contributed by atoms with Crippen LogP contribution in [0.15, 0.2) is 53.3 Å². The minimum absolute atomic E-state index is 0.143. The predicted molar refractivity (Wildman–Crippen MR) is 163 cm³/mol. The fraction of sp³-hybridized carbons (Fsp3) is 0.571. The van der Waals surface area contributed by atoms with Crippen LogP contribution in [0.3, 0.4) is 0 Å². The van der Waals surface area contributed by atoms with E-state index in [1.807, 2.05) is 14.1 Å². The lowest BCUT2D eigenvalue weighted by Crippen LogP contribution is -2.51. The van der Waals surface area contributed by atoms with Gasteiger partial charge in [0.1, 0.15) is 17.8 Å². The van der Waals surface area contributed by atoms with Crippen molar-refractivity contribution in [1.82, 2.24) is 9.97 Å². The quantitative estimate of drug-likeness (QED) is 0.284. The molecular formula is C35H44N4O2. The van der Waals surface area contributed by atoms with Gasteiger partial charge in [-0.3, -0.25) is 4.79 Å². The lowest BCUT2D eigenvalue weighted by Gasteiger charge is -2.55. The molecule has 6 nitrogen and oxygen atoms in total. The van der Waals surface area contributed by atoms with Gasteiger partial charge in [0.15, 0.2) is 5.89 Å². The number of carbonyl (C=O) groups excluding carboxylic acids is 1. The number of aromatic nitrogens is 2. The average Bonchev–Trinajstić information content (AvgIpc) is 3.77. The molecule has 5 fully saturated rings. The summed E-state index contributed by atoms with van der Waals surface area (Å²) in [5, 5.41) is 0. The van der Waals surface area contributed by atoms with Gasteiger partial charge in [0.25, 0.3) is 0 Å². The van der Waals surface area contributed by atoms with Crippen LogP contribution in [0.5, 0.6) is 0 Å². The molecule has 8 rings (SSSR count). The number of pyridine rings is 1. The van der Waals surface area contributed by atoms with Crippen molar-refractivity contribution in [2.45, 2.75) is 94.8 Å². The first-order chi connectivity index (χ1) is 19.9. The Balaban J connectivity index is 1.14. The summed E-state index contributed by atoms with van der Waals surface area (Å²) >= 11 is 0. The Labute approximate surface area is 244 Å². The number of hydrogen-bond donors (Lipinski definition) is 0. The lowest BCUT2D eigenvalue weighted by molar-refractivity contribution is -0.124. The molecule has 0 unspecified atom stereocenters. The zero-order valence-corrected chi connectivity index (χ0v) is 24.8. The number of nitrogens with zero attached hydrogens (tertiary/aromatic N) is 4. The van der Waals surface area contributed by atoms with Crippen molar-refractivity contribution >= 4 is 17.4 Å². The largest absolute Gasteiger partial charge is 0.448 e. The van der Waals surface area contributed by atoms with E-state index in [9.17, 15) is 4.79 Å². The van der Waals surface area contributed by atoms with Gasteiger partial charge in [0.2, 0.25) is 5.91 Å². The molecule has 1 amide bonds. The number of fused-ring (bicyclic) bond motifs is 3. The second kappa shape index (κ2) is 10.6. The minimum Gasteiger partial charge on any atom is -0.448 e. The summed E-state index contributed by atoms with van der Waals surface area (Å²) in [6.07, 6.45) is 19.0. The van der Waals surface area contributed by atoms with Gasteiger partial charge in [-0.2, -0.15) is 0 Å². The average molecular weight is 553 g/mol. The third-order valence-corrected chi connectivity index (χ3v) is 10.8. The smallest absolute Gasteiger partial charge is 0.230 e. The molecule has 2 bridgehead atoms. The number of hydrogen-bond acceptors (Lipinski definition) is 5. The number of benzene rings is 1. The predicted octanol–water partition coefficient (Wildman–Crippen LogP) is 7.89. The SMILES string of the molecule is CN(C)c1ccc(C23CCC(CN(C(=O)C4CCCCC4)c4cccc(-c5coc(C6CC6)n5)c4)(CC2)CC3)cn1. The molecule has 0 aliphatic heterocycles. The van der Waals surface area contributed by atoms with Crippen LogP contribution in [0, 0.1) is 11.3 Å². The van der Waals surface area contributed by atoms with Crippen molar-refractivity contribution in [1.29, 1.82) is 0 Å². The van der Waals surface area contributed by atoms with Crippen LogP contribution in [0.4, 0.5) is 11.5 Å². The van der Waals surface area contributed by atoms with Gasteiger partial charge >= 0.3 is 0 Å². The summed E-state index contributed by atoms with van der Waals surface area (Å²) < 4.78 is 5.81. The molecule has 5 aliphatic carbocycles. The Kier molecular flexibility index (Phi) is 6.91. The van der Waals surface area contributed by atoms with E-state index in [0.717, 1.165) is 48.0 Å². The molecule has 41 heavy (non-hydrogen) atoms. The number of oxazole rings is 1. The normalized spacial score (nSPS) is 26.2. The topological polar surface area (TPSA) is 62.5 Å². The maximum Gasteiger partial charge on any atom is 0.230 e. The Hall–Kier alpha value is -3.15. The summed E-state index contributed by atoms with van der Waals surface area (Å²) in [4.78, 5) is 28.1. The summed E-state index contributed by atoms with van der Waals surface area (Å²) in [6, 6.07) is 13.0. The van der Waals surface area contributed by atoms with E-state index in [1.165, 1.54) is 76.2 Å². The minimum atomic E-state index is 0.143. The zero-order valence-electron chi connectivity index (χ0n) is 24.8. The highest BCUT2D eigenvalue weighted by Gasteiger charge is 2.50. The molecular weight excluding hydrogens is 508 g/mol. The molecule has 0 N–H and O–H groups in total. The number of carbonyl (C=O) groups is 1. The van der Waals surface area contributed by atoms with Crippen LogP contribution in [-0.4, -0.2) is 36.5 Å². The van der Waals surface area contributed by atoms with Crippen molar-refractivity contribution in [2.75, 3.05) is 30.4 Å². The highest BCUT2D eigenvalue weighted by atomic mass is 16.3. The number of anilines is 2. The fourth-order valence-corrected chi connectivity index (χ4v) is 7.87. The van der Waals surface area contributed by atoms with Gasteiger partial charge in [-0.05, 0) is 98.8 Å².